The minimum Gasteiger partial charge on any atom is -0.315 e. The Balaban J connectivity index is 2.04. The lowest BCUT2D eigenvalue weighted by Gasteiger charge is -2.14. The van der Waals surface area contributed by atoms with Crippen LogP contribution in [0.3, 0.4) is 0 Å². The van der Waals surface area contributed by atoms with E-state index >= 15 is 0 Å². The molecule has 0 heterocycles. The summed E-state index contributed by atoms with van der Waals surface area (Å²) in [4.78, 5) is 0. The van der Waals surface area contributed by atoms with Crippen LogP contribution in [0.5, 0.6) is 0 Å². The van der Waals surface area contributed by atoms with Gasteiger partial charge in [0.05, 0.1) is 0 Å². The monoisotopic (exact) mass is 330 g/mol. The highest BCUT2D eigenvalue weighted by Gasteiger charge is 2.02. The molecule has 0 saturated heterocycles. The van der Waals surface area contributed by atoms with Crippen molar-refractivity contribution in [2.45, 2.75) is 52.0 Å². The molecule has 0 spiro atoms. The maximum Gasteiger partial charge on any atom is 0.0453 e. The van der Waals surface area contributed by atoms with Crippen molar-refractivity contribution >= 4 is 23.2 Å². The normalized spacial score (nSPS) is 12.6. The van der Waals surface area contributed by atoms with Crippen molar-refractivity contribution in [1.29, 1.82) is 0 Å². The first-order chi connectivity index (χ1) is 10.1. The molecule has 0 radical (unpaired) electrons. The van der Waals surface area contributed by atoms with Crippen LogP contribution >= 0.6 is 23.2 Å². The molecule has 0 aliphatic carbocycles. The van der Waals surface area contributed by atoms with Crippen LogP contribution in [0.25, 0.3) is 0 Å². The second-order valence-corrected chi connectivity index (χ2v) is 6.43. The standard InChI is InChI=1S/C17H28Cl2N2/c1-3-4-5-6-14(2)21-12-11-20-10-9-15-7-8-16(18)13-17(15)19/h7-8,13-14,20-21H,3-6,9-12H2,1-2H3. The Morgan fingerprint density at radius 1 is 1.10 bits per heavy atom. The summed E-state index contributed by atoms with van der Waals surface area (Å²) in [5.41, 5.74) is 1.15. The third-order valence-corrected chi connectivity index (χ3v) is 4.21. The summed E-state index contributed by atoms with van der Waals surface area (Å²) >= 11 is 12.0. The van der Waals surface area contributed by atoms with Crippen molar-refractivity contribution in [2.75, 3.05) is 19.6 Å². The fourth-order valence-electron chi connectivity index (χ4n) is 2.28. The zero-order chi connectivity index (χ0) is 15.5. The van der Waals surface area contributed by atoms with E-state index in [0.717, 1.165) is 36.6 Å². The number of halogens is 2. The number of nitrogens with one attached hydrogen (secondary N) is 2. The van der Waals surface area contributed by atoms with Gasteiger partial charge in [0.25, 0.3) is 0 Å². The van der Waals surface area contributed by atoms with Gasteiger partial charge in [0, 0.05) is 29.2 Å². The van der Waals surface area contributed by atoms with E-state index in [4.69, 9.17) is 23.2 Å². The van der Waals surface area contributed by atoms with E-state index in [1.807, 2.05) is 12.1 Å². The molecule has 120 valence electrons. The molecule has 0 aliphatic rings. The van der Waals surface area contributed by atoms with Gasteiger partial charge in [0.2, 0.25) is 0 Å². The van der Waals surface area contributed by atoms with E-state index < -0.39 is 0 Å². The van der Waals surface area contributed by atoms with Crippen LogP contribution in [0.2, 0.25) is 10.0 Å². The van der Waals surface area contributed by atoms with E-state index in [-0.39, 0.29) is 0 Å². The molecular formula is C17H28Cl2N2. The summed E-state index contributed by atoms with van der Waals surface area (Å²) < 4.78 is 0. The Hall–Kier alpha value is -0.280. The average molecular weight is 331 g/mol. The SMILES string of the molecule is CCCCCC(C)NCCNCCc1ccc(Cl)cc1Cl. The Labute approximate surface area is 139 Å². The van der Waals surface area contributed by atoms with Gasteiger partial charge in [0.1, 0.15) is 0 Å². The summed E-state index contributed by atoms with van der Waals surface area (Å²) in [6, 6.07) is 6.31. The lowest BCUT2D eigenvalue weighted by Crippen LogP contribution is -2.34. The van der Waals surface area contributed by atoms with E-state index in [0.29, 0.717) is 11.1 Å². The summed E-state index contributed by atoms with van der Waals surface area (Å²) in [6.45, 7) is 7.45. The van der Waals surface area contributed by atoms with Gasteiger partial charge >= 0.3 is 0 Å². The lowest BCUT2D eigenvalue weighted by molar-refractivity contribution is 0.480. The predicted molar refractivity (Wildman–Crippen MR) is 94.6 cm³/mol. The molecule has 0 aromatic heterocycles. The number of unbranched alkanes of at least 4 members (excludes halogenated alkanes) is 2. The van der Waals surface area contributed by atoms with Gasteiger partial charge in [-0.15, -0.1) is 0 Å². The zero-order valence-electron chi connectivity index (χ0n) is 13.2. The van der Waals surface area contributed by atoms with Crippen molar-refractivity contribution in [1.82, 2.24) is 10.6 Å². The summed E-state index contributed by atoms with van der Waals surface area (Å²) in [5.74, 6) is 0. The topological polar surface area (TPSA) is 24.1 Å². The van der Waals surface area contributed by atoms with Crippen LogP contribution in [0.15, 0.2) is 18.2 Å². The third kappa shape index (κ3) is 8.67. The molecule has 0 bridgehead atoms. The maximum atomic E-state index is 6.15. The first-order valence-corrected chi connectivity index (χ1v) is 8.77. The van der Waals surface area contributed by atoms with Crippen LogP contribution < -0.4 is 10.6 Å². The molecule has 21 heavy (non-hydrogen) atoms. The van der Waals surface area contributed by atoms with Gasteiger partial charge in [-0.3, -0.25) is 0 Å². The fraction of sp³-hybridized carbons (Fsp3) is 0.647. The average Bonchev–Trinajstić information content (AvgIpc) is 2.45. The largest absolute Gasteiger partial charge is 0.315 e. The second kappa shape index (κ2) is 11.3. The van der Waals surface area contributed by atoms with Gasteiger partial charge in [-0.25, -0.2) is 0 Å². The van der Waals surface area contributed by atoms with Crippen LogP contribution in [0, 0.1) is 0 Å². The molecule has 2 N–H and O–H groups in total. The number of hydrogen-bond acceptors (Lipinski definition) is 2. The number of rotatable bonds is 11. The van der Waals surface area contributed by atoms with Crippen molar-refractivity contribution in [3.05, 3.63) is 33.8 Å². The van der Waals surface area contributed by atoms with Gasteiger partial charge in [-0.1, -0.05) is 55.5 Å². The van der Waals surface area contributed by atoms with Gasteiger partial charge in [-0.05, 0) is 44.0 Å². The van der Waals surface area contributed by atoms with Crippen LogP contribution in [0.4, 0.5) is 0 Å². The molecule has 1 unspecified atom stereocenters. The molecule has 1 atom stereocenters. The molecule has 1 rings (SSSR count). The summed E-state index contributed by atoms with van der Waals surface area (Å²) in [6.07, 6.45) is 6.16. The second-order valence-electron chi connectivity index (χ2n) is 5.59. The Morgan fingerprint density at radius 2 is 1.90 bits per heavy atom. The van der Waals surface area contributed by atoms with E-state index in [2.05, 4.69) is 24.5 Å². The predicted octanol–water partition coefficient (Wildman–Crippen LogP) is 4.68. The first-order valence-electron chi connectivity index (χ1n) is 8.01. The Morgan fingerprint density at radius 3 is 2.62 bits per heavy atom. The van der Waals surface area contributed by atoms with Crippen molar-refractivity contribution in [3.8, 4) is 0 Å². The molecule has 2 nitrogen and oxygen atoms in total. The highest BCUT2D eigenvalue weighted by molar-refractivity contribution is 6.35. The van der Waals surface area contributed by atoms with Crippen LogP contribution in [-0.2, 0) is 6.42 Å². The lowest BCUT2D eigenvalue weighted by atomic mass is 10.1. The summed E-state index contributed by atoms with van der Waals surface area (Å²) in [7, 11) is 0. The maximum absolute atomic E-state index is 6.15. The van der Waals surface area contributed by atoms with Gasteiger partial charge in [0.15, 0.2) is 0 Å². The minimum atomic E-state index is 0.615. The molecule has 0 aliphatic heterocycles. The zero-order valence-corrected chi connectivity index (χ0v) is 14.7. The summed E-state index contributed by atoms with van der Waals surface area (Å²) in [5, 5.41) is 8.45. The molecular weight excluding hydrogens is 303 g/mol. The quantitative estimate of drug-likeness (QED) is 0.575. The number of hydrogen-bond donors (Lipinski definition) is 2. The smallest absolute Gasteiger partial charge is 0.0453 e. The molecule has 0 saturated carbocycles. The van der Waals surface area contributed by atoms with E-state index in [1.165, 1.54) is 25.7 Å². The molecule has 0 amide bonds. The van der Waals surface area contributed by atoms with Gasteiger partial charge in [-0.2, -0.15) is 0 Å². The Bertz CT molecular complexity index is 396. The fourth-order valence-corrected chi connectivity index (χ4v) is 2.79. The first kappa shape index (κ1) is 18.8. The minimum absolute atomic E-state index is 0.615. The third-order valence-electron chi connectivity index (χ3n) is 3.62. The van der Waals surface area contributed by atoms with Crippen LogP contribution in [-0.4, -0.2) is 25.7 Å². The molecule has 1 aromatic rings. The molecule has 1 aromatic carbocycles. The van der Waals surface area contributed by atoms with E-state index in [1.54, 1.807) is 6.07 Å². The van der Waals surface area contributed by atoms with Crippen molar-refractivity contribution < 1.29 is 0 Å². The van der Waals surface area contributed by atoms with E-state index in [9.17, 15) is 0 Å². The van der Waals surface area contributed by atoms with Gasteiger partial charge < -0.3 is 10.6 Å². The van der Waals surface area contributed by atoms with Crippen molar-refractivity contribution in [2.24, 2.45) is 0 Å². The molecule has 0 fully saturated rings. The number of benzene rings is 1. The Kier molecular flexibility index (Phi) is 10.1. The van der Waals surface area contributed by atoms with Crippen molar-refractivity contribution in [3.63, 3.8) is 0 Å². The highest BCUT2D eigenvalue weighted by atomic mass is 35.5. The van der Waals surface area contributed by atoms with Crippen LogP contribution in [0.1, 0.15) is 45.1 Å². The molecule has 4 heteroatoms. The highest BCUT2D eigenvalue weighted by Crippen LogP contribution is 2.20.